The van der Waals surface area contributed by atoms with Crippen LogP contribution in [0.1, 0.15) is 47.0 Å². The highest BCUT2D eigenvalue weighted by molar-refractivity contribution is 4.79. The van der Waals surface area contributed by atoms with Crippen LogP contribution in [-0.2, 0) is 0 Å². The molecule has 2 nitrogen and oxygen atoms in total. The zero-order valence-electron chi connectivity index (χ0n) is 10.9. The van der Waals surface area contributed by atoms with Gasteiger partial charge in [0.1, 0.15) is 0 Å². The summed E-state index contributed by atoms with van der Waals surface area (Å²) in [6.45, 7) is 13.0. The number of piperidine rings is 1. The Morgan fingerprint density at radius 2 is 1.80 bits per heavy atom. The lowest BCUT2D eigenvalue weighted by Crippen LogP contribution is -2.45. The molecule has 0 amide bonds. The molecule has 0 aromatic carbocycles. The molecule has 1 N–H and O–H groups in total. The lowest BCUT2D eigenvalue weighted by molar-refractivity contribution is 0.197. The predicted molar refractivity (Wildman–Crippen MR) is 67.2 cm³/mol. The Balaban J connectivity index is 2.17. The van der Waals surface area contributed by atoms with E-state index in [-0.39, 0.29) is 0 Å². The van der Waals surface area contributed by atoms with Crippen molar-refractivity contribution in [1.82, 2.24) is 10.2 Å². The monoisotopic (exact) mass is 212 g/mol. The van der Waals surface area contributed by atoms with Crippen LogP contribution in [0.15, 0.2) is 0 Å². The van der Waals surface area contributed by atoms with Crippen LogP contribution in [0, 0.1) is 5.92 Å². The lowest BCUT2D eigenvalue weighted by Gasteiger charge is -2.33. The summed E-state index contributed by atoms with van der Waals surface area (Å²) in [6, 6.07) is 1.45. The van der Waals surface area contributed by atoms with E-state index in [4.69, 9.17) is 0 Å². The molecule has 1 saturated heterocycles. The van der Waals surface area contributed by atoms with Gasteiger partial charge in [-0.1, -0.05) is 20.8 Å². The molecule has 2 heteroatoms. The third-order valence-corrected chi connectivity index (χ3v) is 3.38. The van der Waals surface area contributed by atoms with Crippen LogP contribution < -0.4 is 5.32 Å². The van der Waals surface area contributed by atoms with E-state index in [9.17, 15) is 0 Å². The van der Waals surface area contributed by atoms with Gasteiger partial charge in [-0.3, -0.25) is 0 Å². The van der Waals surface area contributed by atoms with E-state index >= 15 is 0 Å². The van der Waals surface area contributed by atoms with Crippen molar-refractivity contribution in [2.45, 2.75) is 59.0 Å². The Labute approximate surface area is 95.4 Å². The second-order valence-electron chi connectivity index (χ2n) is 5.41. The minimum atomic E-state index is 0.683. The molecule has 1 rings (SSSR count). The maximum Gasteiger partial charge on any atom is 0.00938 e. The van der Waals surface area contributed by atoms with Crippen LogP contribution in [0.3, 0.4) is 0 Å². The molecule has 0 radical (unpaired) electrons. The van der Waals surface area contributed by atoms with Gasteiger partial charge in [0.25, 0.3) is 0 Å². The van der Waals surface area contributed by atoms with Gasteiger partial charge in [-0.05, 0) is 51.7 Å². The second kappa shape index (κ2) is 6.49. The summed E-state index contributed by atoms with van der Waals surface area (Å²) >= 11 is 0. The SMILES string of the molecule is CCN1CCC(NC(C)CC(C)C)CC1. The molecule has 1 aliphatic heterocycles. The number of nitrogens with one attached hydrogen (secondary N) is 1. The third-order valence-electron chi connectivity index (χ3n) is 3.38. The fourth-order valence-corrected chi connectivity index (χ4v) is 2.59. The van der Waals surface area contributed by atoms with Crippen molar-refractivity contribution >= 4 is 0 Å². The number of nitrogens with zero attached hydrogens (tertiary/aromatic N) is 1. The summed E-state index contributed by atoms with van der Waals surface area (Å²) in [5.41, 5.74) is 0. The van der Waals surface area contributed by atoms with Crippen LogP contribution in [0.4, 0.5) is 0 Å². The first kappa shape index (κ1) is 13.0. The maximum absolute atomic E-state index is 3.77. The predicted octanol–water partition coefficient (Wildman–Crippen LogP) is 2.49. The Bertz CT molecular complexity index is 160. The molecular formula is C13H28N2. The number of likely N-dealkylation sites (tertiary alicyclic amines) is 1. The zero-order valence-corrected chi connectivity index (χ0v) is 10.9. The standard InChI is InChI=1S/C13H28N2/c1-5-15-8-6-13(7-9-15)14-12(4)10-11(2)3/h11-14H,5-10H2,1-4H3. The molecule has 1 heterocycles. The number of hydrogen-bond donors (Lipinski definition) is 1. The van der Waals surface area contributed by atoms with Gasteiger partial charge in [0.05, 0.1) is 0 Å². The van der Waals surface area contributed by atoms with Crippen molar-refractivity contribution in [2.24, 2.45) is 5.92 Å². The molecule has 1 aliphatic rings. The molecule has 0 saturated carbocycles. The first-order valence-electron chi connectivity index (χ1n) is 6.60. The fourth-order valence-electron chi connectivity index (χ4n) is 2.59. The highest BCUT2D eigenvalue weighted by Gasteiger charge is 2.19. The average molecular weight is 212 g/mol. The lowest BCUT2D eigenvalue weighted by atomic mass is 10.0. The summed E-state index contributed by atoms with van der Waals surface area (Å²) in [6.07, 6.45) is 3.96. The van der Waals surface area contributed by atoms with Crippen molar-refractivity contribution in [2.75, 3.05) is 19.6 Å². The number of hydrogen-bond acceptors (Lipinski definition) is 2. The maximum atomic E-state index is 3.77. The molecule has 90 valence electrons. The van der Waals surface area contributed by atoms with Crippen molar-refractivity contribution in [3.05, 3.63) is 0 Å². The molecular weight excluding hydrogens is 184 g/mol. The summed E-state index contributed by atoms with van der Waals surface area (Å²) in [5.74, 6) is 0.809. The Hall–Kier alpha value is -0.0800. The second-order valence-corrected chi connectivity index (χ2v) is 5.41. The molecule has 0 aromatic rings. The normalized spacial score (nSPS) is 22.2. The molecule has 1 fully saturated rings. The van der Waals surface area contributed by atoms with E-state index in [2.05, 4.69) is 37.9 Å². The van der Waals surface area contributed by atoms with Gasteiger partial charge in [-0.2, -0.15) is 0 Å². The fraction of sp³-hybridized carbons (Fsp3) is 1.00. The molecule has 0 aromatic heterocycles. The van der Waals surface area contributed by atoms with Gasteiger partial charge in [0.2, 0.25) is 0 Å². The summed E-state index contributed by atoms with van der Waals surface area (Å²) < 4.78 is 0. The Morgan fingerprint density at radius 1 is 1.20 bits per heavy atom. The van der Waals surface area contributed by atoms with Crippen LogP contribution in [0.2, 0.25) is 0 Å². The zero-order chi connectivity index (χ0) is 11.3. The van der Waals surface area contributed by atoms with E-state index in [1.807, 2.05) is 0 Å². The van der Waals surface area contributed by atoms with Gasteiger partial charge in [0, 0.05) is 12.1 Å². The van der Waals surface area contributed by atoms with Crippen molar-refractivity contribution in [1.29, 1.82) is 0 Å². The van der Waals surface area contributed by atoms with E-state index in [0.717, 1.165) is 12.0 Å². The van der Waals surface area contributed by atoms with Crippen LogP contribution >= 0.6 is 0 Å². The summed E-state index contributed by atoms with van der Waals surface area (Å²) in [4.78, 5) is 2.55. The molecule has 0 spiro atoms. The van der Waals surface area contributed by atoms with E-state index in [0.29, 0.717) is 6.04 Å². The van der Waals surface area contributed by atoms with Crippen LogP contribution in [-0.4, -0.2) is 36.6 Å². The largest absolute Gasteiger partial charge is 0.311 e. The smallest absolute Gasteiger partial charge is 0.00938 e. The van der Waals surface area contributed by atoms with Crippen molar-refractivity contribution < 1.29 is 0 Å². The summed E-state index contributed by atoms with van der Waals surface area (Å²) in [7, 11) is 0. The van der Waals surface area contributed by atoms with Gasteiger partial charge in [-0.25, -0.2) is 0 Å². The first-order valence-corrected chi connectivity index (χ1v) is 6.60. The molecule has 0 aliphatic carbocycles. The quantitative estimate of drug-likeness (QED) is 0.753. The van der Waals surface area contributed by atoms with Crippen molar-refractivity contribution in [3.8, 4) is 0 Å². The van der Waals surface area contributed by atoms with Gasteiger partial charge in [-0.15, -0.1) is 0 Å². The van der Waals surface area contributed by atoms with Gasteiger partial charge >= 0.3 is 0 Å². The minimum absolute atomic E-state index is 0.683. The van der Waals surface area contributed by atoms with E-state index < -0.39 is 0 Å². The van der Waals surface area contributed by atoms with Crippen LogP contribution in [0.5, 0.6) is 0 Å². The topological polar surface area (TPSA) is 15.3 Å². The molecule has 1 unspecified atom stereocenters. The van der Waals surface area contributed by atoms with Crippen LogP contribution in [0.25, 0.3) is 0 Å². The first-order chi connectivity index (χ1) is 7.11. The average Bonchev–Trinajstić information content (AvgIpc) is 2.17. The molecule has 0 bridgehead atoms. The van der Waals surface area contributed by atoms with E-state index in [1.54, 1.807) is 0 Å². The highest BCUT2D eigenvalue weighted by atomic mass is 15.1. The molecule has 1 atom stereocenters. The number of rotatable bonds is 5. The van der Waals surface area contributed by atoms with E-state index in [1.165, 1.54) is 38.9 Å². The van der Waals surface area contributed by atoms with Crippen molar-refractivity contribution in [3.63, 3.8) is 0 Å². The Morgan fingerprint density at radius 3 is 2.27 bits per heavy atom. The molecule has 15 heavy (non-hydrogen) atoms. The summed E-state index contributed by atoms with van der Waals surface area (Å²) in [5, 5.41) is 3.77. The third kappa shape index (κ3) is 4.98. The minimum Gasteiger partial charge on any atom is -0.311 e. The Kier molecular flexibility index (Phi) is 5.62. The highest BCUT2D eigenvalue weighted by Crippen LogP contribution is 2.12. The van der Waals surface area contributed by atoms with Gasteiger partial charge in [0.15, 0.2) is 0 Å². The van der Waals surface area contributed by atoms with Gasteiger partial charge < -0.3 is 10.2 Å².